The van der Waals surface area contributed by atoms with Crippen LogP contribution in [0.4, 0.5) is 0 Å². The molecule has 2 aromatic carbocycles. The van der Waals surface area contributed by atoms with E-state index in [9.17, 15) is 9.59 Å². The van der Waals surface area contributed by atoms with Crippen LogP contribution in [-0.2, 0) is 6.54 Å². The average Bonchev–Trinajstić information content (AvgIpc) is 3.00. The second-order valence-corrected chi connectivity index (χ2v) is 7.13. The monoisotopic (exact) mass is 378 g/mol. The first-order chi connectivity index (χ1) is 13.5. The lowest BCUT2D eigenvalue weighted by atomic mass is 10.0. The second-order valence-electron chi connectivity index (χ2n) is 7.13. The number of pyridine rings is 1. The van der Waals surface area contributed by atoms with Crippen molar-refractivity contribution >= 4 is 16.7 Å². The van der Waals surface area contributed by atoms with Crippen LogP contribution in [0.3, 0.4) is 0 Å². The summed E-state index contributed by atoms with van der Waals surface area (Å²) in [7, 11) is 7.08. The molecule has 144 valence electrons. The van der Waals surface area contributed by atoms with E-state index in [1.807, 2.05) is 37.2 Å². The number of ketones is 1. The molecule has 0 aliphatic heterocycles. The molecule has 0 radical (unpaired) electrons. The van der Waals surface area contributed by atoms with Crippen molar-refractivity contribution in [2.75, 3.05) is 34.9 Å². The van der Waals surface area contributed by atoms with Gasteiger partial charge in [-0.2, -0.15) is 0 Å². The van der Waals surface area contributed by atoms with E-state index >= 15 is 0 Å². The van der Waals surface area contributed by atoms with Gasteiger partial charge in [0.2, 0.25) is 0 Å². The van der Waals surface area contributed by atoms with Crippen LogP contribution >= 0.6 is 0 Å². The number of benzene rings is 2. The maximum absolute atomic E-state index is 13.4. The van der Waals surface area contributed by atoms with Crippen LogP contribution in [0.5, 0.6) is 11.5 Å². The van der Waals surface area contributed by atoms with Gasteiger partial charge in [-0.05, 0) is 56.1 Å². The molecule has 0 fully saturated rings. The van der Waals surface area contributed by atoms with E-state index in [1.165, 1.54) is 0 Å². The molecule has 1 aliphatic carbocycles. The van der Waals surface area contributed by atoms with Gasteiger partial charge < -0.3 is 18.9 Å². The van der Waals surface area contributed by atoms with Gasteiger partial charge in [-0.1, -0.05) is 0 Å². The quantitative estimate of drug-likeness (QED) is 0.534. The highest BCUT2D eigenvalue weighted by molar-refractivity contribution is 6.27. The highest BCUT2D eigenvalue weighted by atomic mass is 16.5. The van der Waals surface area contributed by atoms with Gasteiger partial charge in [0, 0.05) is 29.6 Å². The van der Waals surface area contributed by atoms with Crippen molar-refractivity contribution in [2.45, 2.75) is 6.54 Å². The molecule has 0 bridgehead atoms. The number of rotatable bonds is 5. The molecule has 6 nitrogen and oxygen atoms in total. The van der Waals surface area contributed by atoms with Crippen LogP contribution in [0.1, 0.15) is 15.9 Å². The minimum Gasteiger partial charge on any atom is -0.497 e. The molecule has 0 amide bonds. The van der Waals surface area contributed by atoms with Crippen molar-refractivity contribution < 1.29 is 14.3 Å². The fourth-order valence-electron chi connectivity index (χ4n) is 3.76. The van der Waals surface area contributed by atoms with Crippen molar-refractivity contribution in [1.29, 1.82) is 0 Å². The zero-order chi connectivity index (χ0) is 20.0. The summed E-state index contributed by atoms with van der Waals surface area (Å²) in [6.45, 7) is 1.24. The first kappa shape index (κ1) is 18.3. The smallest absolute Gasteiger partial charge is 0.259 e. The normalized spacial score (nSPS) is 12.4. The van der Waals surface area contributed by atoms with E-state index in [0.717, 1.165) is 10.9 Å². The third kappa shape index (κ3) is 2.68. The number of carbonyl (C=O) groups is 1. The van der Waals surface area contributed by atoms with Gasteiger partial charge in [-0.15, -0.1) is 0 Å². The minimum atomic E-state index is -0.154. The van der Waals surface area contributed by atoms with E-state index in [-0.39, 0.29) is 11.3 Å². The second kappa shape index (κ2) is 6.80. The van der Waals surface area contributed by atoms with Gasteiger partial charge in [0.05, 0.1) is 25.3 Å². The highest BCUT2D eigenvalue weighted by Crippen LogP contribution is 2.40. The standard InChI is InChI=1S/C22H22N2O4/c1-23(2)9-10-24-18-8-6-14(28-4)12-17(18)19-20(22(24)26)15-7-5-13(27-3)11-16(15)21(19)25/h5-8,11-12H,9-10H2,1-4H3. The highest BCUT2D eigenvalue weighted by Gasteiger charge is 2.33. The molecule has 4 rings (SSSR count). The number of aromatic nitrogens is 1. The Hall–Kier alpha value is -3.12. The van der Waals surface area contributed by atoms with Gasteiger partial charge in [-0.25, -0.2) is 0 Å². The molecule has 0 spiro atoms. The summed E-state index contributed by atoms with van der Waals surface area (Å²) in [6.07, 6.45) is 0. The molecule has 1 aliphatic rings. The molecule has 6 heteroatoms. The molecule has 0 N–H and O–H groups in total. The van der Waals surface area contributed by atoms with Crippen molar-refractivity contribution in [3.05, 3.63) is 57.9 Å². The molecule has 0 saturated heterocycles. The fraction of sp³-hybridized carbons (Fsp3) is 0.273. The van der Waals surface area contributed by atoms with Crippen LogP contribution in [0.15, 0.2) is 41.2 Å². The Morgan fingerprint density at radius 2 is 1.57 bits per heavy atom. The van der Waals surface area contributed by atoms with E-state index in [0.29, 0.717) is 46.8 Å². The lowest BCUT2D eigenvalue weighted by Crippen LogP contribution is -2.28. The number of hydrogen-bond donors (Lipinski definition) is 0. The Bertz CT molecular complexity index is 1160. The van der Waals surface area contributed by atoms with Crippen LogP contribution < -0.4 is 15.0 Å². The van der Waals surface area contributed by atoms with E-state index in [1.54, 1.807) is 37.0 Å². The summed E-state index contributed by atoms with van der Waals surface area (Å²) in [4.78, 5) is 28.7. The third-order valence-corrected chi connectivity index (χ3v) is 5.21. The van der Waals surface area contributed by atoms with Gasteiger partial charge in [0.15, 0.2) is 5.78 Å². The first-order valence-corrected chi connectivity index (χ1v) is 9.08. The van der Waals surface area contributed by atoms with E-state index in [2.05, 4.69) is 0 Å². The molecule has 0 saturated carbocycles. The topological polar surface area (TPSA) is 60.8 Å². The molecule has 1 heterocycles. The van der Waals surface area contributed by atoms with Gasteiger partial charge in [0.1, 0.15) is 11.5 Å². The number of carbonyl (C=O) groups excluding carboxylic acids is 1. The molecule has 0 unspecified atom stereocenters. The van der Waals surface area contributed by atoms with Crippen molar-refractivity contribution in [1.82, 2.24) is 9.47 Å². The number of nitrogens with zero attached hydrogens (tertiary/aromatic N) is 2. The summed E-state index contributed by atoms with van der Waals surface area (Å²) in [5, 5.41) is 0.730. The Morgan fingerprint density at radius 3 is 2.25 bits per heavy atom. The minimum absolute atomic E-state index is 0.146. The van der Waals surface area contributed by atoms with Crippen LogP contribution in [-0.4, -0.2) is 50.1 Å². The summed E-state index contributed by atoms with van der Waals surface area (Å²) < 4.78 is 12.4. The van der Waals surface area contributed by atoms with Crippen LogP contribution in [0, 0.1) is 0 Å². The third-order valence-electron chi connectivity index (χ3n) is 5.21. The lowest BCUT2D eigenvalue weighted by molar-refractivity contribution is 0.104. The zero-order valence-electron chi connectivity index (χ0n) is 16.4. The molecule has 0 atom stereocenters. The number of hydrogen-bond acceptors (Lipinski definition) is 5. The Morgan fingerprint density at radius 1 is 0.893 bits per heavy atom. The molecular weight excluding hydrogens is 356 g/mol. The number of ether oxygens (including phenoxy) is 2. The van der Waals surface area contributed by atoms with Gasteiger partial charge >= 0.3 is 0 Å². The van der Waals surface area contributed by atoms with Gasteiger partial charge in [0.25, 0.3) is 5.56 Å². The average molecular weight is 378 g/mol. The fourth-order valence-corrected chi connectivity index (χ4v) is 3.76. The zero-order valence-corrected chi connectivity index (χ0v) is 16.4. The van der Waals surface area contributed by atoms with Crippen LogP contribution in [0.25, 0.3) is 22.0 Å². The van der Waals surface area contributed by atoms with Crippen molar-refractivity contribution in [3.8, 4) is 22.6 Å². The van der Waals surface area contributed by atoms with Gasteiger partial charge in [-0.3, -0.25) is 9.59 Å². The Balaban J connectivity index is 2.07. The predicted octanol–water partition coefficient (Wildman–Crippen LogP) is 2.79. The van der Waals surface area contributed by atoms with Crippen LogP contribution in [0.2, 0.25) is 0 Å². The number of fused-ring (bicyclic) bond motifs is 5. The van der Waals surface area contributed by atoms with Crippen molar-refractivity contribution in [2.24, 2.45) is 0 Å². The largest absolute Gasteiger partial charge is 0.497 e. The Kier molecular flexibility index (Phi) is 4.43. The first-order valence-electron chi connectivity index (χ1n) is 9.08. The summed E-state index contributed by atoms with van der Waals surface area (Å²) >= 11 is 0. The molecular formula is C22H22N2O4. The predicted molar refractivity (Wildman–Crippen MR) is 109 cm³/mol. The molecule has 3 aromatic rings. The maximum atomic E-state index is 13.4. The van der Waals surface area contributed by atoms with Crippen molar-refractivity contribution in [3.63, 3.8) is 0 Å². The Labute approximate surface area is 162 Å². The SMILES string of the molecule is COc1ccc2c(c1)C(=O)c1c-2c(=O)n(CCN(C)C)c2ccc(OC)cc12. The summed E-state index contributed by atoms with van der Waals surface area (Å²) in [5.41, 5.74) is 2.66. The number of methoxy groups -OCH3 is 2. The number of likely N-dealkylation sites (N-methyl/N-ethyl adjacent to an activating group) is 1. The van der Waals surface area contributed by atoms with E-state index in [4.69, 9.17) is 9.47 Å². The van der Waals surface area contributed by atoms with E-state index < -0.39 is 0 Å². The molecule has 28 heavy (non-hydrogen) atoms. The summed E-state index contributed by atoms with van der Waals surface area (Å²) in [5.74, 6) is 1.09. The maximum Gasteiger partial charge on any atom is 0.259 e. The molecule has 1 aromatic heterocycles. The lowest BCUT2D eigenvalue weighted by Gasteiger charge is -2.17. The summed E-state index contributed by atoms with van der Waals surface area (Å²) in [6, 6.07) is 10.8.